The Morgan fingerprint density at radius 3 is 2.77 bits per heavy atom. The van der Waals surface area contributed by atoms with Crippen LogP contribution in [0, 0.1) is 28.6 Å². The molecule has 0 heterocycles. The van der Waals surface area contributed by atoms with E-state index in [1.54, 1.807) is 0 Å². The highest BCUT2D eigenvalue weighted by Crippen LogP contribution is 2.67. The molecule has 3 heteroatoms. The third-order valence-corrected chi connectivity index (χ3v) is 8.01. The van der Waals surface area contributed by atoms with E-state index in [1.165, 1.54) is 18.4 Å². The molecule has 0 radical (unpaired) electrons. The van der Waals surface area contributed by atoms with Crippen molar-refractivity contribution in [2.75, 3.05) is 0 Å². The van der Waals surface area contributed by atoms with Gasteiger partial charge in [-0.25, -0.2) is 4.39 Å². The van der Waals surface area contributed by atoms with Crippen LogP contribution >= 0.6 is 0 Å². The van der Waals surface area contributed by atoms with Gasteiger partial charge in [-0.3, -0.25) is 0 Å². The van der Waals surface area contributed by atoms with E-state index < -0.39 is 17.4 Å². The van der Waals surface area contributed by atoms with E-state index >= 15 is 0 Å². The molecule has 0 aromatic carbocycles. The first-order valence-electron chi connectivity index (χ1n) is 9.08. The first kappa shape index (κ1) is 15.1. The molecule has 4 aliphatic carbocycles. The average molecular weight is 308 g/mol. The lowest BCUT2D eigenvalue weighted by atomic mass is 9.46. The van der Waals surface area contributed by atoms with Crippen molar-refractivity contribution >= 4 is 0 Å². The molecule has 0 bridgehead atoms. The maximum absolute atomic E-state index is 14.7. The van der Waals surface area contributed by atoms with Crippen LogP contribution in [-0.2, 0) is 0 Å². The molecule has 22 heavy (non-hydrogen) atoms. The second-order valence-electron chi connectivity index (χ2n) is 8.86. The number of hydrogen-bond donors (Lipinski definition) is 2. The zero-order valence-corrected chi connectivity index (χ0v) is 13.8. The fourth-order valence-electron chi connectivity index (χ4n) is 6.83. The minimum Gasteiger partial charge on any atom is -0.393 e. The van der Waals surface area contributed by atoms with Crippen LogP contribution in [0.3, 0.4) is 0 Å². The Kier molecular flexibility index (Phi) is 3.14. The van der Waals surface area contributed by atoms with Gasteiger partial charge in [-0.05, 0) is 68.1 Å². The molecule has 0 aromatic rings. The average Bonchev–Trinajstić information content (AvgIpc) is 2.68. The number of allylic oxidation sites excluding steroid dienone is 2. The minimum absolute atomic E-state index is 0.0962. The van der Waals surface area contributed by atoms with Gasteiger partial charge in [-0.1, -0.05) is 25.5 Å². The second-order valence-corrected chi connectivity index (χ2v) is 8.86. The number of hydrogen-bond acceptors (Lipinski definition) is 2. The van der Waals surface area contributed by atoms with Gasteiger partial charge in [0, 0.05) is 11.8 Å². The molecule has 0 amide bonds. The van der Waals surface area contributed by atoms with E-state index in [4.69, 9.17) is 0 Å². The Balaban J connectivity index is 1.75. The number of fused-ring (bicyclic) bond motifs is 5. The quantitative estimate of drug-likeness (QED) is 0.665. The molecule has 0 spiro atoms. The number of halogens is 1. The zero-order valence-electron chi connectivity index (χ0n) is 13.8. The summed E-state index contributed by atoms with van der Waals surface area (Å²) in [5.41, 5.74) is 0.870. The van der Waals surface area contributed by atoms with Crippen molar-refractivity contribution in [2.24, 2.45) is 28.6 Å². The highest BCUT2D eigenvalue weighted by molar-refractivity contribution is 5.25. The summed E-state index contributed by atoms with van der Waals surface area (Å²) in [7, 11) is 0. The lowest BCUT2D eigenvalue weighted by Gasteiger charge is -2.59. The van der Waals surface area contributed by atoms with Crippen molar-refractivity contribution in [3.63, 3.8) is 0 Å². The van der Waals surface area contributed by atoms with E-state index in [0.29, 0.717) is 12.3 Å². The molecule has 2 N–H and O–H groups in total. The van der Waals surface area contributed by atoms with Gasteiger partial charge in [-0.15, -0.1) is 0 Å². The highest BCUT2D eigenvalue weighted by atomic mass is 19.2. The molecule has 3 saturated carbocycles. The van der Waals surface area contributed by atoms with Gasteiger partial charge in [0.05, 0.1) is 6.10 Å². The monoisotopic (exact) mass is 308 g/mol. The van der Waals surface area contributed by atoms with Gasteiger partial charge in [0.2, 0.25) is 5.85 Å². The summed E-state index contributed by atoms with van der Waals surface area (Å²) < 4.78 is 14.7. The lowest BCUT2D eigenvalue weighted by molar-refractivity contribution is -0.221. The van der Waals surface area contributed by atoms with Gasteiger partial charge in [0.1, 0.15) is 0 Å². The molecular formula is C19H29FO2. The third kappa shape index (κ3) is 1.73. The number of aliphatic hydroxyl groups is 2. The SMILES string of the molecule is C[C@]12CCCC=C1CC[C@@H]1[C@H]2C(O)C[C@@]2(C)[C@H]1CCC2(O)F. The van der Waals surface area contributed by atoms with Crippen LogP contribution in [0.5, 0.6) is 0 Å². The van der Waals surface area contributed by atoms with Crippen LogP contribution in [0.15, 0.2) is 11.6 Å². The first-order valence-corrected chi connectivity index (χ1v) is 9.08. The molecule has 4 aliphatic rings. The summed E-state index contributed by atoms with van der Waals surface area (Å²) in [6.45, 7) is 4.20. The van der Waals surface area contributed by atoms with Crippen LogP contribution in [-0.4, -0.2) is 22.2 Å². The first-order chi connectivity index (χ1) is 10.3. The van der Waals surface area contributed by atoms with E-state index in [-0.39, 0.29) is 23.7 Å². The lowest BCUT2D eigenvalue weighted by Crippen LogP contribution is -2.58. The molecule has 124 valence electrons. The maximum Gasteiger partial charge on any atom is 0.212 e. The Bertz CT molecular complexity index is 514. The molecule has 2 unspecified atom stereocenters. The van der Waals surface area contributed by atoms with Crippen LogP contribution < -0.4 is 0 Å². The smallest absolute Gasteiger partial charge is 0.212 e. The Labute approximate surface area is 132 Å². The Morgan fingerprint density at radius 1 is 1.23 bits per heavy atom. The summed E-state index contributed by atoms with van der Waals surface area (Å²) >= 11 is 0. The van der Waals surface area contributed by atoms with E-state index in [2.05, 4.69) is 13.0 Å². The predicted molar refractivity (Wildman–Crippen MR) is 83.8 cm³/mol. The molecule has 0 aromatic heterocycles. The normalized spacial score (nSPS) is 57.6. The Hall–Kier alpha value is -0.410. The van der Waals surface area contributed by atoms with Crippen molar-refractivity contribution in [1.82, 2.24) is 0 Å². The molecule has 7 atom stereocenters. The fourth-order valence-corrected chi connectivity index (χ4v) is 6.83. The molecule has 4 rings (SSSR count). The van der Waals surface area contributed by atoms with Crippen molar-refractivity contribution in [1.29, 1.82) is 0 Å². The Morgan fingerprint density at radius 2 is 2.00 bits per heavy atom. The van der Waals surface area contributed by atoms with Gasteiger partial charge in [-0.2, -0.15) is 0 Å². The van der Waals surface area contributed by atoms with Crippen molar-refractivity contribution in [2.45, 2.75) is 77.2 Å². The van der Waals surface area contributed by atoms with Gasteiger partial charge < -0.3 is 10.2 Å². The third-order valence-electron chi connectivity index (χ3n) is 8.01. The largest absolute Gasteiger partial charge is 0.393 e. The molecule has 3 fully saturated rings. The van der Waals surface area contributed by atoms with Crippen LogP contribution in [0.25, 0.3) is 0 Å². The van der Waals surface area contributed by atoms with Crippen molar-refractivity contribution in [3.8, 4) is 0 Å². The fraction of sp³-hybridized carbons (Fsp3) is 0.895. The summed E-state index contributed by atoms with van der Waals surface area (Å²) in [5, 5.41) is 21.2. The van der Waals surface area contributed by atoms with Gasteiger partial charge >= 0.3 is 0 Å². The maximum atomic E-state index is 14.7. The van der Waals surface area contributed by atoms with Gasteiger partial charge in [0.25, 0.3) is 0 Å². The molecule has 0 saturated heterocycles. The van der Waals surface area contributed by atoms with E-state index in [0.717, 1.165) is 25.7 Å². The van der Waals surface area contributed by atoms with E-state index in [1.807, 2.05) is 6.92 Å². The van der Waals surface area contributed by atoms with E-state index in [9.17, 15) is 14.6 Å². The number of rotatable bonds is 0. The highest BCUT2D eigenvalue weighted by Gasteiger charge is 2.66. The molecular weight excluding hydrogens is 279 g/mol. The summed E-state index contributed by atoms with van der Waals surface area (Å²) in [6.07, 6.45) is 9.01. The summed E-state index contributed by atoms with van der Waals surface area (Å²) in [6, 6.07) is 0. The minimum atomic E-state index is -2.10. The number of alkyl halides is 1. The summed E-state index contributed by atoms with van der Waals surface area (Å²) in [5.74, 6) is -1.28. The second kappa shape index (κ2) is 4.57. The zero-order chi connectivity index (χ0) is 15.8. The van der Waals surface area contributed by atoms with Crippen LogP contribution in [0.4, 0.5) is 4.39 Å². The van der Waals surface area contributed by atoms with Crippen LogP contribution in [0.2, 0.25) is 0 Å². The summed E-state index contributed by atoms with van der Waals surface area (Å²) in [4.78, 5) is 0. The topological polar surface area (TPSA) is 40.5 Å². The standard InChI is InChI=1S/C19H29FO2/c1-17-9-4-3-5-12(17)6-7-13-14-8-10-19(20,22)18(14,2)11-15(21)16(13)17/h5,13-16,21-22H,3-4,6-11H2,1-2H3/t13-,14-,15?,16-,17-,18-,19?/m0/s1. The van der Waals surface area contributed by atoms with Crippen molar-refractivity contribution in [3.05, 3.63) is 11.6 Å². The molecule has 0 aliphatic heterocycles. The van der Waals surface area contributed by atoms with Crippen LogP contribution in [0.1, 0.15) is 65.2 Å². The molecule has 2 nitrogen and oxygen atoms in total. The van der Waals surface area contributed by atoms with Gasteiger partial charge in [0.15, 0.2) is 0 Å². The number of aliphatic hydroxyl groups excluding tert-OH is 1. The van der Waals surface area contributed by atoms with Crippen molar-refractivity contribution < 1.29 is 14.6 Å². The predicted octanol–water partition coefficient (Wildman–Crippen LogP) is 3.97.